The molecule has 1 unspecified atom stereocenters. The number of halogens is 2. The Morgan fingerprint density at radius 3 is 2.96 bits per heavy atom. The molecule has 0 saturated carbocycles. The van der Waals surface area contributed by atoms with E-state index in [1.54, 1.807) is 30.3 Å². The molecule has 5 nitrogen and oxygen atoms in total. The summed E-state index contributed by atoms with van der Waals surface area (Å²) in [7, 11) is 1.50. The zero-order valence-corrected chi connectivity index (χ0v) is 13.5. The summed E-state index contributed by atoms with van der Waals surface area (Å²) in [4.78, 5) is 17.5. The molecule has 1 aliphatic heterocycles. The molecular weight excluding hydrogens is 335 g/mol. The summed E-state index contributed by atoms with van der Waals surface area (Å²) in [6.45, 7) is 0. The molecule has 3 rings (SSSR count). The van der Waals surface area contributed by atoms with Crippen LogP contribution in [0.4, 0.5) is 10.1 Å². The second-order valence-corrected chi connectivity index (χ2v) is 5.62. The Morgan fingerprint density at radius 2 is 2.21 bits per heavy atom. The van der Waals surface area contributed by atoms with Gasteiger partial charge in [0.1, 0.15) is 11.6 Å². The van der Waals surface area contributed by atoms with Crippen LogP contribution in [0.15, 0.2) is 47.6 Å². The standard InChI is InChI=1S/C17H14ClFN2O3/c1-23-15-6-5-11(18)8-14(15)20-17(22)16-9-13(21-24-16)10-3-2-4-12(19)7-10/h2-8,16H,9H2,1H3,(H,20,22). The Hall–Kier alpha value is -2.60. The molecular formula is C17H14ClFN2O3. The van der Waals surface area contributed by atoms with Crippen molar-refractivity contribution in [2.24, 2.45) is 5.16 Å². The number of hydrogen-bond donors (Lipinski definition) is 1. The highest BCUT2D eigenvalue weighted by atomic mass is 35.5. The van der Waals surface area contributed by atoms with E-state index in [0.29, 0.717) is 27.7 Å². The molecule has 0 fully saturated rings. The molecule has 24 heavy (non-hydrogen) atoms. The highest BCUT2D eigenvalue weighted by Gasteiger charge is 2.29. The number of nitrogens with zero attached hydrogens (tertiary/aromatic N) is 1. The Labute approximate surface area is 143 Å². The average molecular weight is 349 g/mol. The number of amides is 1. The summed E-state index contributed by atoms with van der Waals surface area (Å²) in [5.74, 6) is -0.269. The van der Waals surface area contributed by atoms with Gasteiger partial charge in [-0.15, -0.1) is 0 Å². The molecule has 1 amide bonds. The van der Waals surface area contributed by atoms with Crippen molar-refractivity contribution in [3.8, 4) is 5.75 Å². The monoisotopic (exact) mass is 348 g/mol. The lowest BCUT2D eigenvalue weighted by Crippen LogP contribution is -2.28. The first-order chi connectivity index (χ1) is 11.6. The molecule has 1 atom stereocenters. The van der Waals surface area contributed by atoms with Crippen molar-refractivity contribution >= 4 is 28.9 Å². The normalized spacial score (nSPS) is 16.3. The van der Waals surface area contributed by atoms with E-state index in [9.17, 15) is 9.18 Å². The summed E-state index contributed by atoms with van der Waals surface area (Å²) < 4.78 is 18.5. The highest BCUT2D eigenvalue weighted by Crippen LogP contribution is 2.28. The maximum atomic E-state index is 13.3. The average Bonchev–Trinajstić information content (AvgIpc) is 3.05. The molecule has 0 saturated heterocycles. The first kappa shape index (κ1) is 16.3. The minimum absolute atomic E-state index is 0.248. The smallest absolute Gasteiger partial charge is 0.268 e. The molecule has 7 heteroatoms. The van der Waals surface area contributed by atoms with E-state index in [4.69, 9.17) is 21.2 Å². The number of nitrogens with one attached hydrogen (secondary N) is 1. The summed E-state index contributed by atoms with van der Waals surface area (Å²) >= 11 is 5.94. The minimum Gasteiger partial charge on any atom is -0.495 e. The molecule has 0 aromatic heterocycles. The van der Waals surface area contributed by atoms with Gasteiger partial charge in [0.05, 0.1) is 18.5 Å². The van der Waals surface area contributed by atoms with E-state index in [1.807, 2.05) is 0 Å². The number of rotatable bonds is 4. The van der Waals surface area contributed by atoms with Crippen LogP contribution in [0.1, 0.15) is 12.0 Å². The van der Waals surface area contributed by atoms with Crippen LogP contribution >= 0.6 is 11.6 Å². The Morgan fingerprint density at radius 1 is 1.38 bits per heavy atom. The topological polar surface area (TPSA) is 59.9 Å². The molecule has 124 valence electrons. The van der Waals surface area contributed by atoms with Gasteiger partial charge >= 0.3 is 0 Å². The lowest BCUT2D eigenvalue weighted by atomic mass is 10.0. The number of anilines is 1. The predicted octanol–water partition coefficient (Wildman–Crippen LogP) is 3.62. The molecule has 1 aliphatic rings. The lowest BCUT2D eigenvalue weighted by Gasteiger charge is -2.13. The van der Waals surface area contributed by atoms with Crippen LogP contribution in [0, 0.1) is 5.82 Å². The van der Waals surface area contributed by atoms with Gasteiger partial charge in [-0.2, -0.15) is 0 Å². The number of carbonyl (C=O) groups excluding carboxylic acids is 1. The second-order valence-electron chi connectivity index (χ2n) is 5.18. The van der Waals surface area contributed by atoms with Crippen LogP contribution in [0.2, 0.25) is 5.02 Å². The molecule has 0 aliphatic carbocycles. The fraction of sp³-hybridized carbons (Fsp3) is 0.176. The van der Waals surface area contributed by atoms with E-state index in [1.165, 1.54) is 19.2 Å². The van der Waals surface area contributed by atoms with Gasteiger partial charge in [0.2, 0.25) is 6.10 Å². The second kappa shape index (κ2) is 6.88. The molecule has 0 radical (unpaired) electrons. The fourth-order valence-electron chi connectivity index (χ4n) is 2.35. The van der Waals surface area contributed by atoms with E-state index in [-0.39, 0.29) is 18.1 Å². The van der Waals surface area contributed by atoms with Crippen molar-refractivity contribution in [1.29, 1.82) is 0 Å². The van der Waals surface area contributed by atoms with E-state index >= 15 is 0 Å². The number of hydrogen-bond acceptors (Lipinski definition) is 4. The van der Waals surface area contributed by atoms with Crippen molar-refractivity contribution in [3.05, 3.63) is 58.9 Å². The quantitative estimate of drug-likeness (QED) is 0.918. The number of methoxy groups -OCH3 is 1. The van der Waals surface area contributed by atoms with E-state index in [2.05, 4.69) is 10.5 Å². The number of benzene rings is 2. The van der Waals surface area contributed by atoms with Gasteiger partial charge in [0.15, 0.2) is 0 Å². The summed E-state index contributed by atoms with van der Waals surface area (Å²) in [6.07, 6.45) is -0.551. The van der Waals surface area contributed by atoms with Gasteiger partial charge in [0.25, 0.3) is 5.91 Å². The molecule has 2 aromatic rings. The van der Waals surface area contributed by atoms with E-state index in [0.717, 1.165) is 0 Å². The van der Waals surface area contributed by atoms with Gasteiger partial charge in [-0.3, -0.25) is 4.79 Å². The third-order valence-corrected chi connectivity index (χ3v) is 3.77. The lowest BCUT2D eigenvalue weighted by molar-refractivity contribution is -0.125. The third-order valence-electron chi connectivity index (χ3n) is 3.54. The van der Waals surface area contributed by atoms with Crippen molar-refractivity contribution in [1.82, 2.24) is 0 Å². The van der Waals surface area contributed by atoms with Gasteiger partial charge in [0, 0.05) is 17.0 Å². The Kier molecular flexibility index (Phi) is 4.66. The number of carbonyl (C=O) groups is 1. The van der Waals surface area contributed by atoms with Crippen LogP contribution in [-0.4, -0.2) is 24.8 Å². The molecule has 1 heterocycles. The fourth-order valence-corrected chi connectivity index (χ4v) is 2.52. The predicted molar refractivity (Wildman–Crippen MR) is 89.1 cm³/mol. The SMILES string of the molecule is COc1ccc(Cl)cc1NC(=O)C1CC(c2cccc(F)c2)=NO1. The summed E-state index contributed by atoms with van der Waals surface area (Å²) in [5, 5.41) is 7.06. The zero-order chi connectivity index (χ0) is 17.1. The Bertz CT molecular complexity index is 810. The van der Waals surface area contributed by atoms with Gasteiger partial charge in [-0.1, -0.05) is 28.9 Å². The van der Waals surface area contributed by atoms with Crippen LogP contribution in [-0.2, 0) is 9.63 Å². The summed E-state index contributed by atoms with van der Waals surface area (Å²) in [5.41, 5.74) is 1.55. The number of oxime groups is 1. The summed E-state index contributed by atoms with van der Waals surface area (Å²) in [6, 6.07) is 10.9. The van der Waals surface area contributed by atoms with Gasteiger partial charge in [-0.25, -0.2) is 4.39 Å². The molecule has 1 N–H and O–H groups in total. The zero-order valence-electron chi connectivity index (χ0n) is 12.8. The molecule has 0 bridgehead atoms. The minimum atomic E-state index is -0.799. The Balaban J connectivity index is 1.69. The van der Waals surface area contributed by atoms with Crippen LogP contribution in [0.5, 0.6) is 5.75 Å². The largest absolute Gasteiger partial charge is 0.495 e. The van der Waals surface area contributed by atoms with Crippen molar-refractivity contribution < 1.29 is 18.8 Å². The van der Waals surface area contributed by atoms with Crippen molar-refractivity contribution in [2.75, 3.05) is 12.4 Å². The van der Waals surface area contributed by atoms with Crippen LogP contribution < -0.4 is 10.1 Å². The first-order valence-corrected chi connectivity index (χ1v) is 7.57. The van der Waals surface area contributed by atoms with Gasteiger partial charge < -0.3 is 14.9 Å². The number of ether oxygens (including phenoxy) is 1. The highest BCUT2D eigenvalue weighted by molar-refractivity contribution is 6.31. The van der Waals surface area contributed by atoms with Crippen LogP contribution in [0.3, 0.4) is 0 Å². The van der Waals surface area contributed by atoms with Gasteiger partial charge in [-0.05, 0) is 30.3 Å². The third kappa shape index (κ3) is 3.49. The maximum Gasteiger partial charge on any atom is 0.268 e. The van der Waals surface area contributed by atoms with Crippen LogP contribution in [0.25, 0.3) is 0 Å². The first-order valence-electron chi connectivity index (χ1n) is 7.20. The molecule has 2 aromatic carbocycles. The van der Waals surface area contributed by atoms with Crippen molar-refractivity contribution in [3.63, 3.8) is 0 Å². The maximum absolute atomic E-state index is 13.3. The van der Waals surface area contributed by atoms with Crippen molar-refractivity contribution in [2.45, 2.75) is 12.5 Å². The van der Waals surface area contributed by atoms with E-state index < -0.39 is 6.10 Å². The molecule has 0 spiro atoms.